The topological polar surface area (TPSA) is 26.3 Å². The highest BCUT2D eigenvalue weighted by atomic mass is 32.2. The third-order valence-corrected chi connectivity index (χ3v) is 4.14. The second-order valence-corrected chi connectivity index (χ2v) is 7.22. The van der Waals surface area contributed by atoms with Gasteiger partial charge in [0.1, 0.15) is 5.60 Å². The van der Waals surface area contributed by atoms with E-state index in [1.54, 1.807) is 11.8 Å². The third-order valence-electron chi connectivity index (χ3n) is 2.69. The molecule has 0 spiro atoms. The number of esters is 1. The molecular weight excluding hydrogens is 220 g/mol. The fraction of sp³-hybridized carbons (Fsp3) is 0.923. The van der Waals surface area contributed by atoms with Crippen LogP contribution < -0.4 is 0 Å². The van der Waals surface area contributed by atoms with E-state index in [1.807, 2.05) is 27.7 Å². The average molecular weight is 244 g/mol. The van der Waals surface area contributed by atoms with Crippen molar-refractivity contribution in [3.8, 4) is 0 Å². The van der Waals surface area contributed by atoms with Crippen molar-refractivity contribution in [3.63, 3.8) is 0 Å². The fourth-order valence-corrected chi connectivity index (χ4v) is 3.27. The largest absolute Gasteiger partial charge is 0.459 e. The average Bonchev–Trinajstić information content (AvgIpc) is 2.16. The van der Waals surface area contributed by atoms with Crippen LogP contribution in [0.2, 0.25) is 0 Å². The highest BCUT2D eigenvalue weighted by molar-refractivity contribution is 8.01. The quantitative estimate of drug-likeness (QED) is 0.707. The zero-order valence-corrected chi connectivity index (χ0v) is 11.7. The van der Waals surface area contributed by atoms with Gasteiger partial charge < -0.3 is 4.74 Å². The van der Waals surface area contributed by atoms with Crippen LogP contribution in [0, 0.1) is 0 Å². The van der Waals surface area contributed by atoms with Crippen LogP contribution in [-0.4, -0.2) is 22.1 Å². The molecule has 0 bridgehead atoms. The molecule has 1 rings (SSSR count). The lowest BCUT2D eigenvalue weighted by Gasteiger charge is -2.26. The van der Waals surface area contributed by atoms with E-state index >= 15 is 0 Å². The number of hydrogen-bond acceptors (Lipinski definition) is 3. The molecule has 0 aromatic rings. The van der Waals surface area contributed by atoms with Crippen LogP contribution in [0.4, 0.5) is 0 Å². The molecule has 0 radical (unpaired) electrons. The smallest absolute Gasteiger partial charge is 0.319 e. The Hall–Kier alpha value is -0.180. The molecule has 0 amide bonds. The van der Waals surface area contributed by atoms with Gasteiger partial charge in [-0.15, -0.1) is 11.8 Å². The van der Waals surface area contributed by atoms with Crippen LogP contribution in [0.1, 0.15) is 59.8 Å². The summed E-state index contributed by atoms with van der Waals surface area (Å²) in [5.74, 6) is -0.0666. The predicted octanol–water partition coefficient (Wildman–Crippen LogP) is 3.78. The fourth-order valence-electron chi connectivity index (χ4n) is 1.93. The molecule has 16 heavy (non-hydrogen) atoms. The molecule has 2 nitrogen and oxygen atoms in total. The van der Waals surface area contributed by atoms with Crippen molar-refractivity contribution in [2.45, 2.75) is 75.9 Å². The van der Waals surface area contributed by atoms with Crippen molar-refractivity contribution in [2.75, 3.05) is 0 Å². The van der Waals surface area contributed by atoms with Crippen LogP contribution in [0.15, 0.2) is 0 Å². The maximum Gasteiger partial charge on any atom is 0.319 e. The first-order valence-corrected chi connectivity index (χ1v) is 7.21. The molecule has 0 aliphatic heterocycles. The van der Waals surface area contributed by atoms with E-state index in [9.17, 15) is 4.79 Å². The lowest BCUT2D eigenvalue weighted by molar-refractivity contribution is -0.153. The number of carbonyl (C=O) groups excluding carboxylic acids is 1. The predicted molar refractivity (Wildman–Crippen MR) is 69.8 cm³/mol. The minimum Gasteiger partial charge on any atom is -0.459 e. The molecule has 1 aliphatic rings. The van der Waals surface area contributed by atoms with E-state index in [4.69, 9.17) is 4.74 Å². The number of ether oxygens (including phenoxy) is 1. The lowest BCUT2D eigenvalue weighted by Crippen LogP contribution is -2.30. The van der Waals surface area contributed by atoms with Gasteiger partial charge in [-0.2, -0.15) is 0 Å². The second kappa shape index (κ2) is 5.95. The summed E-state index contributed by atoms with van der Waals surface area (Å²) >= 11 is 1.79. The van der Waals surface area contributed by atoms with Gasteiger partial charge in [0.25, 0.3) is 0 Å². The molecule has 1 saturated carbocycles. The van der Waals surface area contributed by atoms with E-state index in [0.29, 0.717) is 5.25 Å². The van der Waals surface area contributed by atoms with Crippen molar-refractivity contribution < 1.29 is 9.53 Å². The number of rotatable bonds is 3. The molecule has 1 unspecified atom stereocenters. The first-order chi connectivity index (χ1) is 7.38. The normalized spacial score (nSPS) is 20.5. The number of thioether (sulfide) groups is 1. The van der Waals surface area contributed by atoms with E-state index in [-0.39, 0.29) is 16.8 Å². The highest BCUT2D eigenvalue weighted by Crippen LogP contribution is 2.31. The number of hydrogen-bond donors (Lipinski definition) is 0. The van der Waals surface area contributed by atoms with Gasteiger partial charge in [0.05, 0.1) is 5.25 Å². The van der Waals surface area contributed by atoms with Crippen LogP contribution in [0.5, 0.6) is 0 Å². The molecule has 3 heteroatoms. The zero-order valence-electron chi connectivity index (χ0n) is 10.9. The van der Waals surface area contributed by atoms with E-state index in [0.717, 1.165) is 0 Å². The molecule has 0 aromatic heterocycles. The van der Waals surface area contributed by atoms with E-state index in [2.05, 4.69) is 0 Å². The second-order valence-electron chi connectivity index (χ2n) is 5.57. The molecule has 1 atom stereocenters. The van der Waals surface area contributed by atoms with Crippen LogP contribution in [0.3, 0.4) is 0 Å². The van der Waals surface area contributed by atoms with Gasteiger partial charge >= 0.3 is 5.97 Å². The minimum absolute atomic E-state index is 0.0256. The van der Waals surface area contributed by atoms with Crippen molar-refractivity contribution >= 4 is 17.7 Å². The standard InChI is InChI=1S/C13H24O2S/c1-10(12(14)15-13(2,3)4)16-11-8-6-5-7-9-11/h10-11H,5-9H2,1-4H3. The SMILES string of the molecule is CC(SC1CCCCC1)C(=O)OC(C)(C)C. The van der Waals surface area contributed by atoms with Crippen LogP contribution in [-0.2, 0) is 9.53 Å². The van der Waals surface area contributed by atoms with Crippen LogP contribution in [0.25, 0.3) is 0 Å². The molecule has 1 aliphatic carbocycles. The van der Waals surface area contributed by atoms with Gasteiger partial charge in [-0.1, -0.05) is 19.3 Å². The summed E-state index contributed by atoms with van der Waals surface area (Å²) in [6.45, 7) is 7.72. The van der Waals surface area contributed by atoms with Crippen molar-refractivity contribution in [1.29, 1.82) is 0 Å². The Bertz CT molecular complexity index is 227. The summed E-state index contributed by atoms with van der Waals surface area (Å²) in [6, 6.07) is 0. The van der Waals surface area contributed by atoms with E-state index < -0.39 is 0 Å². The minimum atomic E-state index is -0.363. The number of carbonyl (C=O) groups is 1. The maximum atomic E-state index is 11.8. The highest BCUT2D eigenvalue weighted by Gasteiger charge is 2.25. The first kappa shape index (κ1) is 13.9. The Morgan fingerprint density at radius 1 is 1.25 bits per heavy atom. The van der Waals surface area contributed by atoms with Gasteiger partial charge in [0.15, 0.2) is 0 Å². The Labute approximate surface area is 104 Å². The van der Waals surface area contributed by atoms with Crippen molar-refractivity contribution in [1.82, 2.24) is 0 Å². The first-order valence-electron chi connectivity index (χ1n) is 6.27. The molecule has 0 heterocycles. The molecule has 0 N–H and O–H groups in total. The summed E-state index contributed by atoms with van der Waals surface area (Å²) in [7, 11) is 0. The van der Waals surface area contributed by atoms with Gasteiger partial charge in [0.2, 0.25) is 0 Å². The van der Waals surface area contributed by atoms with Gasteiger partial charge in [-0.05, 0) is 40.5 Å². The Morgan fingerprint density at radius 2 is 1.81 bits per heavy atom. The van der Waals surface area contributed by atoms with E-state index in [1.165, 1.54) is 32.1 Å². The molecule has 0 saturated heterocycles. The third kappa shape index (κ3) is 5.24. The zero-order chi connectivity index (χ0) is 12.2. The van der Waals surface area contributed by atoms with Gasteiger partial charge in [-0.3, -0.25) is 4.79 Å². The van der Waals surface area contributed by atoms with Crippen molar-refractivity contribution in [2.24, 2.45) is 0 Å². The summed E-state index contributed by atoms with van der Waals surface area (Å²) in [4.78, 5) is 11.8. The Morgan fingerprint density at radius 3 is 2.31 bits per heavy atom. The maximum absolute atomic E-state index is 11.8. The monoisotopic (exact) mass is 244 g/mol. The van der Waals surface area contributed by atoms with Crippen molar-refractivity contribution in [3.05, 3.63) is 0 Å². The Kier molecular flexibility index (Phi) is 5.16. The van der Waals surface area contributed by atoms with Crippen LogP contribution >= 0.6 is 11.8 Å². The lowest BCUT2D eigenvalue weighted by atomic mass is 10.0. The summed E-state index contributed by atoms with van der Waals surface area (Å²) in [5.41, 5.74) is -0.363. The van der Waals surface area contributed by atoms with Gasteiger partial charge in [0, 0.05) is 5.25 Å². The van der Waals surface area contributed by atoms with Gasteiger partial charge in [-0.25, -0.2) is 0 Å². The summed E-state index contributed by atoms with van der Waals surface area (Å²) in [5, 5.41) is 0.638. The molecule has 0 aromatic carbocycles. The summed E-state index contributed by atoms with van der Waals surface area (Å²) < 4.78 is 5.38. The molecular formula is C13H24O2S. The molecule has 94 valence electrons. The Balaban J connectivity index is 2.33. The summed E-state index contributed by atoms with van der Waals surface area (Å²) in [6.07, 6.45) is 6.52. The molecule has 1 fully saturated rings.